The van der Waals surface area contributed by atoms with Gasteiger partial charge in [-0.25, -0.2) is 17.6 Å². The number of carbonyl (C=O) groups excluding carboxylic acids is 5. The first-order valence-corrected chi connectivity index (χ1v) is 47.4. The number of nitro benzene ring substituents is 1. The number of hydrogen-bond acceptors (Lipinski definition) is 24. The molecule has 1 unspecified atom stereocenters. The van der Waals surface area contributed by atoms with Crippen molar-refractivity contribution in [2.75, 3.05) is 32.3 Å². The number of nitrogens with one attached hydrogen (secondary N) is 5. The largest absolute Gasteiger partial charge is 0.481 e. The van der Waals surface area contributed by atoms with Crippen LogP contribution >= 0.6 is 148 Å². The molecule has 0 aliphatic heterocycles. The number of halogens is 9. The summed E-state index contributed by atoms with van der Waals surface area (Å²) < 4.78 is 97.9. The van der Waals surface area contributed by atoms with E-state index >= 15 is 0 Å². The zero-order valence-electron chi connectivity index (χ0n) is 67.7. The molecule has 10 N–H and O–H groups in total. The van der Waals surface area contributed by atoms with E-state index in [1.54, 1.807) is 170 Å². The number of nitrogens with two attached hydrogens (primary N) is 1. The number of aliphatic carboxylic acids is 1. The molecule has 0 aliphatic carbocycles. The van der Waals surface area contributed by atoms with Crippen LogP contribution in [0.3, 0.4) is 0 Å². The first kappa shape index (κ1) is 103. The Bertz CT molecular complexity index is 7030. The Hall–Kier alpha value is -12.9. The summed E-state index contributed by atoms with van der Waals surface area (Å²) in [6.07, 6.45) is 8.14. The number of nitrogens with zero attached hydrogens (tertiary/aromatic N) is 7. The number of non-ortho nitro benzene ring substituents is 1. The smallest absolute Gasteiger partial charge is 0.312 e. The van der Waals surface area contributed by atoms with E-state index in [9.17, 15) is 61.7 Å². The summed E-state index contributed by atoms with van der Waals surface area (Å²) in [7, 11) is -0.0679. The summed E-state index contributed by atoms with van der Waals surface area (Å²) in [5.74, 6) is -4.24. The summed E-state index contributed by atoms with van der Waals surface area (Å²) in [4.78, 5) is 97.2. The van der Waals surface area contributed by atoms with E-state index in [1.807, 2.05) is 54.6 Å². The van der Waals surface area contributed by atoms with Gasteiger partial charge >= 0.3 is 36.6 Å². The molecular weight excluding hydrogens is 2260 g/mol. The van der Waals surface area contributed by atoms with Gasteiger partial charge in [0.1, 0.15) is 47.1 Å². The second-order valence-corrected chi connectivity index (χ2v) is 38.2. The van der Waals surface area contributed by atoms with E-state index in [2.05, 4.69) is 130 Å². The van der Waals surface area contributed by atoms with E-state index < -0.39 is 76.5 Å². The van der Waals surface area contributed by atoms with Crippen LogP contribution in [0.15, 0.2) is 291 Å². The number of aromatic nitrogens is 6. The number of para-hydroxylation sites is 3. The molecule has 17 rings (SSSR count). The number of carboxylic acids is 1. The van der Waals surface area contributed by atoms with Crippen LogP contribution in [0.1, 0.15) is 26.7 Å². The van der Waals surface area contributed by atoms with Crippen molar-refractivity contribution in [3.8, 4) is 56.6 Å². The fourth-order valence-electron chi connectivity index (χ4n) is 11.2. The summed E-state index contributed by atoms with van der Waals surface area (Å²) in [5.41, 5.74) is 11.4. The van der Waals surface area contributed by atoms with E-state index in [4.69, 9.17) is 50.9 Å². The Balaban J connectivity index is 0.000000173. The molecule has 10 heterocycles. The standard InChI is InChI=1S/C27H19FN4O4S.C22H15FIN3O3S.C13H6FIN2O3S.C13H8FIN2OS.C9H9NO3.C5H5BrNO.CH4.BClHOP/c28-19-14-18(31-26(34)16-25(33)30-17-6-2-1-3-7-17)9-10-22(19)36-23-11-12-29-20-15-24(37-27(20)23)21-8-4-5-13-32(21)35;23-15-10-14(27-21(29)12-20(28)26-13-4-2-1-3-5-13)6-7-17(15)30-18-8-9-25-16-11-19(24)31-22(16)18;14-8-5-7(17(18)19)1-2-10(8)20-11-3-4-16-9-6-12(15)21-13(9)11;14-8-5-7(16)1-2-10(8)18-11-3-4-17-9-6-12(15)19-13(9)11;11-8(6-9(12)13)10-7-4-2-1-3-5-7;6-5-3-1-2-4-7(5)8;;2-4-1-3/h1-15H,16H2,(H2-,29,30,31,33,34,35);1-11H,12H2,(H,26,28)(H,27,29);1-6H;1-6H,16H2;1-5H,6H2,(H,10,11)(H,12,13);1-4,8H;1H4;4H/q;;;;;+1;;/p+1. The predicted molar refractivity (Wildman–Crippen MR) is 539 cm³/mol. The summed E-state index contributed by atoms with van der Waals surface area (Å²) >= 11 is 20.4. The van der Waals surface area contributed by atoms with Crippen LogP contribution < -0.4 is 60.7 Å². The molecule has 0 bridgehead atoms. The molecule has 682 valence electrons. The van der Waals surface area contributed by atoms with E-state index in [1.165, 1.54) is 88.7 Å². The van der Waals surface area contributed by atoms with Crippen LogP contribution in [-0.4, -0.2) is 82.8 Å². The monoisotopic (exact) mass is 2330 g/mol. The zero-order chi connectivity index (χ0) is 95.0. The molecule has 1 atom stereocenters. The molecule has 29 nitrogen and oxygen atoms in total. The van der Waals surface area contributed by atoms with E-state index in [0.29, 0.717) is 73.1 Å². The van der Waals surface area contributed by atoms with Crippen molar-refractivity contribution < 1.29 is 99.9 Å². The number of nitrogen functional groups attached to an aromatic ring is 1. The van der Waals surface area contributed by atoms with Crippen LogP contribution in [0.5, 0.6) is 46.0 Å². The summed E-state index contributed by atoms with van der Waals surface area (Å²) in [6, 6.07) is 67.0. The van der Waals surface area contributed by atoms with Gasteiger partial charge in [0.05, 0.1) is 60.5 Å². The van der Waals surface area contributed by atoms with Crippen molar-refractivity contribution in [2.24, 2.45) is 0 Å². The van der Waals surface area contributed by atoms with Crippen LogP contribution in [0.4, 0.5) is 57.4 Å². The van der Waals surface area contributed by atoms with E-state index in [0.717, 1.165) is 71.8 Å². The van der Waals surface area contributed by atoms with Gasteiger partial charge in [-0.3, -0.25) is 69.2 Å². The summed E-state index contributed by atoms with van der Waals surface area (Å²) in [5, 5.41) is 50.5. The molecule has 134 heavy (non-hydrogen) atoms. The Kier molecular flexibility index (Phi) is 39.5. The Morgan fingerprint density at radius 1 is 0.440 bits per heavy atom. The molecule has 0 spiro atoms. The normalized spacial score (nSPS) is 10.3. The number of carbonyl (C=O) groups is 6. The number of amides is 5. The minimum Gasteiger partial charge on any atom is -0.481 e. The molecule has 0 saturated heterocycles. The topological polar surface area (TPSA) is 406 Å². The maximum absolute atomic E-state index is 14.9. The van der Waals surface area contributed by atoms with Gasteiger partial charge < -0.3 is 56.4 Å². The molecule has 44 heteroatoms. The SMILES string of the molecule is C.Nc1ccc(Oc2ccnc3cc(I)sc23)c(F)c1.O=BPCl.O=C(CC(=O)Nc1ccc(Oc2ccnc3cc(-c4cccc[n+]4O)sc23)c(F)c1)Nc1ccccc1.O=C(CC(=O)Nc1ccc(Oc2ccnc3cc(I)sc23)c(F)c1)Nc1ccccc1.O=C(O)CC(=O)Nc1ccccc1.O=[N+]([O-])c1ccc(Oc2ccnc3cc(I)sc23)c(F)c1.O[n+]1ccccc1Br. The van der Waals surface area contributed by atoms with Gasteiger partial charge in [0, 0.05) is 157 Å². The fourth-order valence-corrected chi connectivity index (χ4v) is 17.8. The van der Waals surface area contributed by atoms with Gasteiger partial charge in [0.25, 0.3) is 16.0 Å². The van der Waals surface area contributed by atoms with Crippen molar-refractivity contribution in [2.45, 2.75) is 26.7 Å². The quantitative estimate of drug-likeness (QED) is 0.00260. The second kappa shape index (κ2) is 51.4. The van der Waals surface area contributed by atoms with Gasteiger partial charge in [-0.2, -0.15) is 0 Å². The van der Waals surface area contributed by atoms with Gasteiger partial charge in [-0.1, -0.05) is 62.0 Å². The average Bonchev–Trinajstić information content (AvgIpc) is 1.64. The van der Waals surface area contributed by atoms with Gasteiger partial charge in [-0.05, 0) is 183 Å². The second-order valence-electron chi connectivity index (χ2n) is 26.4. The molecule has 0 fully saturated rings. The average molecular weight is 2330 g/mol. The van der Waals surface area contributed by atoms with Gasteiger partial charge in [0.2, 0.25) is 41.9 Å². The van der Waals surface area contributed by atoms with Crippen molar-refractivity contribution in [3.63, 3.8) is 0 Å². The molecule has 10 aromatic heterocycles. The fraction of sp³-hybridized carbons (Fsp3) is 0.0444. The Labute approximate surface area is 831 Å². The van der Waals surface area contributed by atoms with Crippen molar-refractivity contribution in [1.82, 2.24) is 19.9 Å². The number of benzene rings is 7. The number of thiophene rings is 4. The van der Waals surface area contributed by atoms with Gasteiger partial charge in [0.15, 0.2) is 46.3 Å². The minimum atomic E-state index is -1.13. The summed E-state index contributed by atoms with van der Waals surface area (Å²) in [6.45, 7) is 0.668. The molecule has 17 aromatic rings. The van der Waals surface area contributed by atoms with E-state index in [-0.39, 0.29) is 61.7 Å². The number of nitro groups is 1. The third-order valence-electron chi connectivity index (χ3n) is 16.9. The Morgan fingerprint density at radius 3 is 1.10 bits per heavy atom. The Morgan fingerprint density at radius 2 is 0.769 bits per heavy atom. The molecule has 0 radical (unpaired) electrons. The number of ether oxygens (including phenoxy) is 4. The van der Waals surface area contributed by atoms with Crippen molar-refractivity contribution in [1.29, 1.82) is 0 Å². The maximum atomic E-state index is 14.9. The first-order valence-electron chi connectivity index (χ1n) is 38.0. The number of fused-ring (bicyclic) bond motifs is 4. The molecule has 0 aliphatic rings. The van der Waals surface area contributed by atoms with Crippen molar-refractivity contribution >= 4 is 271 Å². The zero-order valence-corrected chi connectivity index (χ0v) is 80.8. The van der Waals surface area contributed by atoms with Crippen molar-refractivity contribution in [3.05, 3.63) is 333 Å². The predicted octanol–water partition coefficient (Wildman–Crippen LogP) is 23.8. The van der Waals surface area contributed by atoms with Crippen LogP contribution in [0, 0.1) is 42.0 Å². The third-order valence-corrected chi connectivity index (χ3v) is 24.7. The molecule has 7 aromatic carbocycles. The molecule has 5 amide bonds. The number of rotatable bonds is 22. The first-order chi connectivity index (χ1) is 64.0. The van der Waals surface area contributed by atoms with Crippen LogP contribution in [0.2, 0.25) is 0 Å². The minimum absolute atomic E-state index is 0. The van der Waals surface area contributed by atoms with Gasteiger partial charge in [-0.15, -0.1) is 45.3 Å². The number of pyridine rings is 6. The third kappa shape index (κ3) is 31.4. The van der Waals surface area contributed by atoms with Crippen LogP contribution in [-0.2, 0) is 33.5 Å². The maximum Gasteiger partial charge on any atom is 0.312 e. The number of anilines is 6. The van der Waals surface area contributed by atoms with Crippen LogP contribution in [0.25, 0.3) is 51.4 Å². The molecule has 0 saturated carbocycles. The molecular formula is C90H68BBrClF4I3N13O16PS4+2. The number of carboxylic acid groups (broad SMARTS) is 1. The number of hydrogen-bond donors (Lipinski definition) is 9.